The number of carboxylic acids is 1. The smallest absolute Gasteiger partial charge is 0.376 e. The Kier molecular flexibility index (Phi) is 5.52. The fourth-order valence-electron chi connectivity index (χ4n) is 1.89. The number of hydrogen-bond donors (Lipinski definition) is 1. The van der Waals surface area contributed by atoms with E-state index in [1.807, 2.05) is 30.3 Å². The molecule has 5 nitrogen and oxygen atoms in total. The summed E-state index contributed by atoms with van der Waals surface area (Å²) in [4.78, 5) is 21.5. The molecule has 0 fully saturated rings. The number of methoxy groups -OCH3 is 1. The van der Waals surface area contributed by atoms with E-state index in [1.165, 1.54) is 13.2 Å². The van der Waals surface area contributed by atoms with E-state index < -0.39 is 11.8 Å². The molecule has 2 aromatic carbocycles. The third-order valence-corrected chi connectivity index (χ3v) is 3.06. The Morgan fingerprint density at radius 2 is 1.83 bits per heavy atom. The summed E-state index contributed by atoms with van der Waals surface area (Å²) < 4.78 is 11.0. The van der Waals surface area contributed by atoms with Gasteiger partial charge in [0.2, 0.25) is 0 Å². The van der Waals surface area contributed by atoms with Gasteiger partial charge in [0.1, 0.15) is 6.61 Å². The fourth-order valence-corrected chi connectivity index (χ4v) is 1.89. The summed E-state index contributed by atoms with van der Waals surface area (Å²) in [5.41, 5.74) is 1.68. The zero-order chi connectivity index (χ0) is 16.7. The van der Waals surface area contributed by atoms with E-state index in [0.29, 0.717) is 23.7 Å². The Balaban J connectivity index is 2.10. The molecule has 0 aliphatic rings. The van der Waals surface area contributed by atoms with Gasteiger partial charge in [-0.2, -0.15) is 0 Å². The van der Waals surface area contributed by atoms with Crippen LogP contribution in [0.5, 0.6) is 11.5 Å². The van der Waals surface area contributed by atoms with Gasteiger partial charge in [-0.15, -0.1) is 0 Å². The number of ketones is 1. The first-order chi connectivity index (χ1) is 11.1. The molecule has 0 aliphatic heterocycles. The van der Waals surface area contributed by atoms with Gasteiger partial charge in [0.05, 0.1) is 7.11 Å². The van der Waals surface area contributed by atoms with Crippen LogP contribution < -0.4 is 9.47 Å². The molecule has 0 atom stereocenters. The van der Waals surface area contributed by atoms with Gasteiger partial charge in [0.25, 0.3) is 5.78 Å². The number of hydrogen-bond acceptors (Lipinski definition) is 4. The number of ether oxygens (including phenoxy) is 2. The van der Waals surface area contributed by atoms with Crippen molar-refractivity contribution in [2.75, 3.05) is 7.11 Å². The average molecular weight is 312 g/mol. The highest BCUT2D eigenvalue weighted by Gasteiger charge is 2.08. The summed E-state index contributed by atoms with van der Waals surface area (Å²) in [6.45, 7) is 0.407. The molecule has 118 valence electrons. The normalized spacial score (nSPS) is 10.5. The van der Waals surface area contributed by atoms with Crippen LogP contribution in [0.25, 0.3) is 6.08 Å². The van der Waals surface area contributed by atoms with Crippen LogP contribution in [0.2, 0.25) is 0 Å². The van der Waals surface area contributed by atoms with E-state index in [1.54, 1.807) is 18.2 Å². The summed E-state index contributed by atoms with van der Waals surface area (Å²) >= 11 is 0. The van der Waals surface area contributed by atoms with Crippen molar-refractivity contribution in [3.8, 4) is 11.5 Å². The number of benzene rings is 2. The minimum absolute atomic E-state index is 0.407. The summed E-state index contributed by atoms with van der Waals surface area (Å²) in [5, 5.41) is 8.54. The zero-order valence-electron chi connectivity index (χ0n) is 12.6. The molecular formula is C18H16O5. The summed E-state index contributed by atoms with van der Waals surface area (Å²) in [7, 11) is 1.51. The van der Waals surface area contributed by atoms with E-state index >= 15 is 0 Å². The molecule has 0 radical (unpaired) electrons. The highest BCUT2D eigenvalue weighted by molar-refractivity contribution is 6.38. The number of carbonyl (C=O) groups excluding carboxylic acids is 1. The van der Waals surface area contributed by atoms with Gasteiger partial charge < -0.3 is 14.6 Å². The first kappa shape index (κ1) is 16.3. The molecule has 2 aromatic rings. The van der Waals surface area contributed by atoms with Crippen LogP contribution in [0, 0.1) is 0 Å². The van der Waals surface area contributed by atoms with Gasteiger partial charge in [0.15, 0.2) is 11.5 Å². The SMILES string of the molecule is COc1cc(/C=C/C(=O)C(=O)O)ccc1OCc1ccccc1. The molecule has 0 amide bonds. The minimum atomic E-state index is -1.49. The van der Waals surface area contributed by atoms with Crippen LogP contribution in [-0.4, -0.2) is 24.0 Å². The maximum atomic E-state index is 11.1. The second kappa shape index (κ2) is 7.79. The third-order valence-electron chi connectivity index (χ3n) is 3.06. The van der Waals surface area contributed by atoms with Crippen LogP contribution in [-0.2, 0) is 16.2 Å². The van der Waals surface area contributed by atoms with Crippen molar-refractivity contribution in [2.24, 2.45) is 0 Å². The van der Waals surface area contributed by atoms with E-state index in [-0.39, 0.29) is 0 Å². The largest absolute Gasteiger partial charge is 0.493 e. The molecule has 1 N–H and O–H groups in total. The maximum absolute atomic E-state index is 11.1. The summed E-state index contributed by atoms with van der Waals surface area (Å²) in [6.07, 6.45) is 2.42. The fraction of sp³-hybridized carbons (Fsp3) is 0.111. The molecule has 0 unspecified atom stereocenters. The first-order valence-corrected chi connectivity index (χ1v) is 6.90. The molecular weight excluding hydrogens is 296 g/mol. The van der Waals surface area contributed by atoms with Gasteiger partial charge in [-0.05, 0) is 29.3 Å². The lowest BCUT2D eigenvalue weighted by molar-refractivity contribution is -0.146. The minimum Gasteiger partial charge on any atom is -0.493 e. The third kappa shape index (κ3) is 4.71. The molecule has 0 saturated heterocycles. The Hall–Kier alpha value is -3.08. The lowest BCUT2D eigenvalue weighted by atomic mass is 10.1. The molecule has 0 heterocycles. The van der Waals surface area contributed by atoms with Crippen molar-refractivity contribution >= 4 is 17.8 Å². The average Bonchev–Trinajstić information content (AvgIpc) is 2.58. The van der Waals surface area contributed by atoms with Crippen molar-refractivity contribution in [2.45, 2.75) is 6.61 Å². The summed E-state index contributed by atoms with van der Waals surface area (Å²) in [6, 6.07) is 14.8. The lowest BCUT2D eigenvalue weighted by Gasteiger charge is -2.11. The van der Waals surface area contributed by atoms with Crippen molar-refractivity contribution in [1.29, 1.82) is 0 Å². The van der Waals surface area contributed by atoms with Crippen LogP contribution in [0.1, 0.15) is 11.1 Å². The molecule has 2 rings (SSSR count). The number of rotatable bonds is 7. The van der Waals surface area contributed by atoms with Gasteiger partial charge in [-0.1, -0.05) is 42.5 Å². The van der Waals surface area contributed by atoms with Gasteiger partial charge in [-0.25, -0.2) is 4.79 Å². The monoisotopic (exact) mass is 312 g/mol. The molecule has 23 heavy (non-hydrogen) atoms. The molecule has 0 bridgehead atoms. The Morgan fingerprint density at radius 3 is 2.48 bits per heavy atom. The van der Waals surface area contributed by atoms with Crippen LogP contribution in [0.4, 0.5) is 0 Å². The highest BCUT2D eigenvalue weighted by atomic mass is 16.5. The maximum Gasteiger partial charge on any atom is 0.376 e. The van der Waals surface area contributed by atoms with Crippen molar-refractivity contribution in [1.82, 2.24) is 0 Å². The second-order valence-electron chi connectivity index (χ2n) is 4.69. The predicted molar refractivity (Wildman–Crippen MR) is 85.4 cm³/mol. The molecule has 0 aromatic heterocycles. The highest BCUT2D eigenvalue weighted by Crippen LogP contribution is 2.29. The molecule has 0 saturated carbocycles. The quantitative estimate of drug-likeness (QED) is 0.628. The number of aliphatic carboxylic acids is 1. The second-order valence-corrected chi connectivity index (χ2v) is 4.69. The Labute approximate surface area is 133 Å². The van der Waals surface area contributed by atoms with Crippen LogP contribution >= 0.6 is 0 Å². The molecule has 0 spiro atoms. The van der Waals surface area contributed by atoms with E-state index in [0.717, 1.165) is 11.6 Å². The zero-order valence-corrected chi connectivity index (χ0v) is 12.6. The van der Waals surface area contributed by atoms with E-state index in [9.17, 15) is 9.59 Å². The van der Waals surface area contributed by atoms with Crippen LogP contribution in [0.3, 0.4) is 0 Å². The van der Waals surface area contributed by atoms with Crippen molar-refractivity contribution in [3.05, 3.63) is 65.7 Å². The van der Waals surface area contributed by atoms with Gasteiger partial charge >= 0.3 is 5.97 Å². The molecule has 0 aliphatic carbocycles. The van der Waals surface area contributed by atoms with Gasteiger partial charge in [0, 0.05) is 0 Å². The first-order valence-electron chi connectivity index (χ1n) is 6.90. The van der Waals surface area contributed by atoms with E-state index in [2.05, 4.69) is 0 Å². The lowest BCUT2D eigenvalue weighted by Crippen LogP contribution is -2.08. The number of carbonyl (C=O) groups is 2. The van der Waals surface area contributed by atoms with E-state index in [4.69, 9.17) is 14.6 Å². The van der Waals surface area contributed by atoms with Crippen molar-refractivity contribution in [3.63, 3.8) is 0 Å². The standard InChI is InChI=1S/C18H16O5/c1-22-17-11-13(7-9-15(19)18(20)21)8-10-16(17)23-12-14-5-3-2-4-6-14/h2-11H,12H2,1H3,(H,20,21)/b9-7+. The van der Waals surface area contributed by atoms with Crippen LogP contribution in [0.15, 0.2) is 54.6 Å². The molecule has 5 heteroatoms. The predicted octanol–water partition coefficient (Wildman–Crippen LogP) is 2.94. The Bertz CT molecular complexity index is 719. The van der Waals surface area contributed by atoms with Crippen molar-refractivity contribution < 1.29 is 24.2 Å². The number of carboxylic acid groups (broad SMARTS) is 1. The topological polar surface area (TPSA) is 72.8 Å². The summed E-state index contributed by atoms with van der Waals surface area (Å²) in [5.74, 6) is -1.40. The van der Waals surface area contributed by atoms with Gasteiger partial charge in [-0.3, -0.25) is 4.79 Å². The Morgan fingerprint density at radius 1 is 1.09 bits per heavy atom.